The molecule has 0 aromatic rings. The molecule has 0 fully saturated rings. The zero-order valence-corrected chi connectivity index (χ0v) is 13.7. The molecule has 24 heavy (non-hydrogen) atoms. The van der Waals surface area contributed by atoms with Crippen LogP contribution in [-0.2, 0) is 20.2 Å². The summed E-state index contributed by atoms with van der Waals surface area (Å²) in [6, 6.07) is 0. The maximum atomic E-state index is 10.7. The van der Waals surface area contributed by atoms with E-state index in [0.29, 0.717) is 0 Å². The molecular weight excluding hydrogens is 398 g/mol. The van der Waals surface area contributed by atoms with Crippen LogP contribution in [0.15, 0.2) is 12.4 Å². The predicted octanol–water partition coefficient (Wildman–Crippen LogP) is 1.47. The van der Waals surface area contributed by atoms with Crippen molar-refractivity contribution in [1.29, 1.82) is 0 Å². The van der Waals surface area contributed by atoms with Gasteiger partial charge in [-0.1, -0.05) is 0 Å². The average Bonchev–Trinajstić information content (AvgIpc) is 2.71. The Morgan fingerprint density at radius 2 is 1.21 bits per heavy atom. The van der Waals surface area contributed by atoms with Gasteiger partial charge in [-0.05, 0) is 6.92 Å². The second-order valence-corrected chi connectivity index (χ2v) is 6.77. The van der Waals surface area contributed by atoms with E-state index >= 15 is 0 Å². The third kappa shape index (κ3) is 10.5. The minimum absolute atomic E-state index is 1.05. The van der Waals surface area contributed by atoms with E-state index in [1.165, 1.54) is 0 Å². The zero-order valence-electron chi connectivity index (χ0n) is 12.1. The molecule has 0 saturated heterocycles. The third-order valence-corrected chi connectivity index (χ3v) is 3.10. The second-order valence-electron chi connectivity index (χ2n) is 3.94. The van der Waals surface area contributed by atoms with Crippen LogP contribution in [0.2, 0.25) is 0 Å². The molecule has 0 bridgehead atoms. The van der Waals surface area contributed by atoms with Crippen LogP contribution in [0.25, 0.3) is 0 Å². The SMILES string of the molecule is CCN1C=CN(C)C1.O=S(=O)(O)C(F)(F)F.O=S(=O)(O)C(F)(F)F. The fourth-order valence-electron chi connectivity index (χ4n) is 0.794. The Labute approximate surface area is 133 Å². The summed E-state index contributed by atoms with van der Waals surface area (Å²) in [5.74, 6) is 0. The van der Waals surface area contributed by atoms with Gasteiger partial charge in [-0.3, -0.25) is 9.11 Å². The lowest BCUT2D eigenvalue weighted by Crippen LogP contribution is -2.21. The van der Waals surface area contributed by atoms with Crippen molar-refractivity contribution in [1.82, 2.24) is 9.80 Å². The number of alkyl halides is 6. The van der Waals surface area contributed by atoms with Gasteiger partial charge in [0.2, 0.25) is 0 Å². The molecule has 0 unspecified atom stereocenters. The molecule has 0 spiro atoms. The average molecular weight is 412 g/mol. The first-order valence-corrected chi connectivity index (χ1v) is 8.41. The van der Waals surface area contributed by atoms with Gasteiger partial charge in [-0.2, -0.15) is 43.2 Å². The lowest BCUT2D eigenvalue weighted by molar-refractivity contribution is -0.0514. The van der Waals surface area contributed by atoms with Gasteiger partial charge in [0.25, 0.3) is 0 Å². The molecule has 1 heterocycles. The van der Waals surface area contributed by atoms with Crippen LogP contribution in [0, 0.1) is 0 Å². The Balaban J connectivity index is 0. The van der Waals surface area contributed by atoms with Gasteiger partial charge in [0.15, 0.2) is 0 Å². The van der Waals surface area contributed by atoms with Gasteiger partial charge >= 0.3 is 31.3 Å². The van der Waals surface area contributed by atoms with E-state index in [-0.39, 0.29) is 0 Å². The molecule has 2 N–H and O–H groups in total. The third-order valence-electron chi connectivity index (χ3n) is 1.93. The summed E-state index contributed by atoms with van der Waals surface area (Å²) in [5.41, 5.74) is -11.1. The molecule has 1 aliphatic rings. The number of hydrogen-bond acceptors (Lipinski definition) is 6. The summed E-state index contributed by atoms with van der Waals surface area (Å²) in [6.45, 7) is 4.32. The first-order chi connectivity index (χ1) is 10.3. The minimum atomic E-state index is -5.84. The summed E-state index contributed by atoms with van der Waals surface area (Å²) in [7, 11) is -9.60. The van der Waals surface area contributed by atoms with Crippen molar-refractivity contribution in [3.05, 3.63) is 12.4 Å². The van der Waals surface area contributed by atoms with Gasteiger partial charge in [-0.15, -0.1) is 0 Å². The largest absolute Gasteiger partial charge is 0.522 e. The topological polar surface area (TPSA) is 115 Å². The van der Waals surface area contributed by atoms with Crippen LogP contribution in [0.1, 0.15) is 6.92 Å². The minimum Gasteiger partial charge on any atom is -0.362 e. The first-order valence-electron chi connectivity index (χ1n) is 5.53. The molecule has 1 aliphatic heterocycles. The smallest absolute Gasteiger partial charge is 0.362 e. The van der Waals surface area contributed by atoms with E-state index in [2.05, 4.69) is 36.2 Å². The highest BCUT2D eigenvalue weighted by Crippen LogP contribution is 2.21. The van der Waals surface area contributed by atoms with E-state index in [4.69, 9.17) is 25.9 Å². The molecule has 0 amide bonds. The number of halogens is 6. The van der Waals surface area contributed by atoms with Crippen LogP contribution >= 0.6 is 0 Å². The van der Waals surface area contributed by atoms with Gasteiger partial charge in [0, 0.05) is 26.0 Å². The van der Waals surface area contributed by atoms with Crippen molar-refractivity contribution < 1.29 is 52.3 Å². The summed E-state index contributed by atoms with van der Waals surface area (Å²) < 4.78 is 115. The van der Waals surface area contributed by atoms with Crippen molar-refractivity contribution in [2.45, 2.75) is 17.9 Å². The maximum absolute atomic E-state index is 10.7. The summed E-state index contributed by atoms with van der Waals surface area (Å²) in [6.07, 6.45) is 4.20. The van der Waals surface area contributed by atoms with E-state index in [1.54, 1.807) is 0 Å². The zero-order chi connectivity index (χ0) is 20.0. The Morgan fingerprint density at radius 3 is 1.29 bits per heavy atom. The van der Waals surface area contributed by atoms with Crippen LogP contribution in [0.4, 0.5) is 26.3 Å². The molecule has 1 rings (SSSR count). The summed E-state index contributed by atoms with van der Waals surface area (Å²) in [4.78, 5) is 4.41. The van der Waals surface area contributed by atoms with Crippen molar-refractivity contribution >= 4 is 20.2 Å². The van der Waals surface area contributed by atoms with E-state index in [1.807, 2.05) is 0 Å². The monoisotopic (exact) mass is 412 g/mol. The molecular formula is C8H14F6N2O6S2. The second kappa shape index (κ2) is 8.72. The van der Waals surface area contributed by atoms with Crippen LogP contribution in [0.3, 0.4) is 0 Å². The number of hydrogen-bond donors (Lipinski definition) is 2. The predicted molar refractivity (Wildman–Crippen MR) is 69.4 cm³/mol. The Hall–Kier alpha value is -1.26. The van der Waals surface area contributed by atoms with Crippen LogP contribution in [-0.4, -0.2) is 67.0 Å². The van der Waals surface area contributed by atoms with Gasteiger partial charge < -0.3 is 9.80 Å². The van der Waals surface area contributed by atoms with Crippen LogP contribution < -0.4 is 0 Å². The molecule has 0 aliphatic carbocycles. The van der Waals surface area contributed by atoms with Crippen molar-refractivity contribution in [3.63, 3.8) is 0 Å². The molecule has 0 aromatic carbocycles. The van der Waals surface area contributed by atoms with Crippen molar-refractivity contribution in [3.8, 4) is 0 Å². The number of nitrogens with zero attached hydrogens (tertiary/aromatic N) is 2. The van der Waals surface area contributed by atoms with Gasteiger partial charge in [0.1, 0.15) is 0 Å². The van der Waals surface area contributed by atoms with E-state index in [9.17, 15) is 26.3 Å². The highest BCUT2D eigenvalue weighted by atomic mass is 32.2. The van der Waals surface area contributed by atoms with Crippen molar-refractivity contribution in [2.75, 3.05) is 20.3 Å². The van der Waals surface area contributed by atoms with Crippen molar-refractivity contribution in [2.24, 2.45) is 0 Å². The van der Waals surface area contributed by atoms with Gasteiger partial charge in [0.05, 0.1) is 6.67 Å². The fraction of sp³-hybridized carbons (Fsp3) is 0.750. The Morgan fingerprint density at radius 1 is 0.917 bits per heavy atom. The Kier molecular flexibility index (Phi) is 9.08. The Bertz CT molecular complexity index is 570. The highest BCUT2D eigenvalue weighted by molar-refractivity contribution is 7.86. The van der Waals surface area contributed by atoms with Crippen LogP contribution in [0.5, 0.6) is 0 Å². The lowest BCUT2D eigenvalue weighted by atomic mass is 10.6. The molecule has 0 saturated carbocycles. The number of rotatable bonds is 1. The highest BCUT2D eigenvalue weighted by Gasteiger charge is 2.45. The van der Waals surface area contributed by atoms with E-state index < -0.39 is 31.3 Å². The quantitative estimate of drug-likeness (QED) is 0.378. The van der Waals surface area contributed by atoms with Gasteiger partial charge in [-0.25, -0.2) is 0 Å². The molecule has 8 nitrogen and oxygen atoms in total. The molecule has 0 atom stereocenters. The lowest BCUT2D eigenvalue weighted by Gasteiger charge is -2.14. The fourth-order valence-corrected chi connectivity index (χ4v) is 0.794. The maximum Gasteiger partial charge on any atom is 0.522 e. The van der Waals surface area contributed by atoms with E-state index in [0.717, 1.165) is 13.2 Å². The molecule has 0 aromatic heterocycles. The summed E-state index contributed by atoms with van der Waals surface area (Å²) >= 11 is 0. The standard InChI is InChI=1S/C6H12N2.2CHF3O3S/c1-3-8-5-4-7(2)6-8;2*2-1(3,4)8(5,6)7/h4-5H,3,6H2,1-2H3;2*(H,5,6,7). The molecule has 146 valence electrons. The molecule has 0 radical (unpaired) electrons. The summed E-state index contributed by atoms with van der Waals surface area (Å²) in [5, 5.41) is 0. The first kappa shape index (κ1) is 25.0. The molecule has 16 heteroatoms. The normalized spacial score (nSPS) is 15.4.